The monoisotopic (exact) mass is 516 g/mol. The van der Waals surface area contributed by atoms with Gasteiger partial charge in [-0.05, 0) is 74.3 Å². The first-order valence-electron chi connectivity index (χ1n) is 11.9. The number of rotatable bonds is 13. The number of carbonyl (C=O) groups is 1. The zero-order valence-corrected chi connectivity index (χ0v) is 21.4. The molecule has 0 heterocycles. The maximum absolute atomic E-state index is 11.6. The number of nitrogens with zero attached hydrogens (tertiary/aromatic N) is 1. The van der Waals surface area contributed by atoms with Gasteiger partial charge >= 0.3 is 13.8 Å². The number of fused-ring (bicyclic) bond motifs is 1. The molecule has 0 spiro atoms. The largest absolute Gasteiger partial charge is 0.489 e. The molecule has 2 aromatic rings. The Labute approximate surface area is 211 Å². The maximum Gasteiger partial charge on any atom is 0.470 e. The number of nitrogens with one attached hydrogen (secondary N) is 1. The Morgan fingerprint density at radius 1 is 1.22 bits per heavy atom. The van der Waals surface area contributed by atoms with E-state index in [1.165, 1.54) is 17.2 Å². The lowest BCUT2D eigenvalue weighted by molar-refractivity contribution is -0.136. The average molecular weight is 517 g/mol. The summed E-state index contributed by atoms with van der Waals surface area (Å²) in [5.74, 6) is -0.260. The molecule has 0 unspecified atom stereocenters. The molecule has 36 heavy (non-hydrogen) atoms. The number of hydrogen-bond acceptors (Lipinski definition) is 6. The number of carboxylic acids is 1. The minimum absolute atomic E-state index is 0.0691. The molecule has 1 aliphatic carbocycles. The first kappa shape index (κ1) is 27.9. The Morgan fingerprint density at radius 2 is 1.89 bits per heavy atom. The zero-order valence-electron chi connectivity index (χ0n) is 20.5. The van der Waals surface area contributed by atoms with Crippen LogP contribution in [0.15, 0.2) is 42.5 Å². The van der Waals surface area contributed by atoms with E-state index in [9.17, 15) is 24.4 Å². The summed E-state index contributed by atoms with van der Waals surface area (Å²) >= 11 is 0. The van der Waals surface area contributed by atoms with E-state index >= 15 is 0 Å². The number of aryl methyl sites for hydroxylation is 1. The van der Waals surface area contributed by atoms with Gasteiger partial charge in [-0.2, -0.15) is 5.26 Å². The van der Waals surface area contributed by atoms with Gasteiger partial charge in [0.05, 0.1) is 5.56 Å². The fraction of sp³-hybridized carbons (Fsp3) is 0.462. The van der Waals surface area contributed by atoms with Crippen molar-refractivity contribution >= 4 is 13.8 Å². The lowest BCUT2D eigenvalue weighted by atomic mass is 9.88. The van der Waals surface area contributed by atoms with Crippen molar-refractivity contribution in [1.29, 1.82) is 5.26 Å². The average Bonchev–Trinajstić information content (AvgIpc) is 3.20. The highest BCUT2D eigenvalue weighted by Crippen LogP contribution is 2.38. The Morgan fingerprint density at radius 3 is 2.47 bits per heavy atom. The molecule has 1 atom stereocenters. The predicted molar refractivity (Wildman–Crippen MR) is 134 cm³/mol. The van der Waals surface area contributed by atoms with Gasteiger partial charge in [-0.15, -0.1) is 0 Å². The third-order valence-electron chi connectivity index (χ3n) is 6.25. The SMILES string of the molecule is CC(C)(CC1Cc2ccccc2C1)NC[C@H](COc1cc(CCC(=O)O)ccc1C#N)OP(=O)(O)O. The zero-order chi connectivity index (χ0) is 26.3. The first-order chi connectivity index (χ1) is 16.9. The van der Waals surface area contributed by atoms with Gasteiger partial charge < -0.3 is 24.9 Å². The summed E-state index contributed by atoms with van der Waals surface area (Å²) in [6.07, 6.45) is 2.08. The van der Waals surface area contributed by atoms with Crippen LogP contribution in [0.3, 0.4) is 0 Å². The van der Waals surface area contributed by atoms with Crippen molar-refractivity contribution in [3.8, 4) is 11.8 Å². The number of ether oxygens (including phenoxy) is 1. The fourth-order valence-electron chi connectivity index (χ4n) is 4.67. The van der Waals surface area contributed by atoms with E-state index in [0.29, 0.717) is 11.5 Å². The van der Waals surface area contributed by atoms with Crippen LogP contribution in [-0.4, -0.2) is 45.7 Å². The molecule has 0 fully saturated rings. The molecule has 4 N–H and O–H groups in total. The van der Waals surface area contributed by atoms with E-state index in [1.54, 1.807) is 12.1 Å². The predicted octanol–water partition coefficient (Wildman–Crippen LogP) is 3.61. The minimum atomic E-state index is -4.79. The number of benzene rings is 2. The van der Waals surface area contributed by atoms with Crippen LogP contribution in [0, 0.1) is 17.2 Å². The van der Waals surface area contributed by atoms with Crippen molar-refractivity contribution in [3.05, 3.63) is 64.7 Å². The summed E-state index contributed by atoms with van der Waals surface area (Å²) in [7, 11) is -4.79. The minimum Gasteiger partial charge on any atom is -0.489 e. The van der Waals surface area contributed by atoms with E-state index < -0.39 is 19.9 Å². The van der Waals surface area contributed by atoms with Crippen molar-refractivity contribution in [1.82, 2.24) is 5.32 Å². The van der Waals surface area contributed by atoms with E-state index in [1.807, 2.05) is 32.0 Å². The molecule has 1 aliphatic rings. The number of aliphatic carboxylic acids is 1. The quantitative estimate of drug-likeness (QED) is 0.293. The van der Waals surface area contributed by atoms with Crippen molar-refractivity contribution in [2.45, 2.75) is 57.6 Å². The normalized spacial score (nSPS) is 14.8. The van der Waals surface area contributed by atoms with Crippen molar-refractivity contribution in [2.24, 2.45) is 5.92 Å². The van der Waals surface area contributed by atoms with Crippen molar-refractivity contribution < 1.29 is 33.5 Å². The fourth-order valence-corrected chi connectivity index (χ4v) is 5.19. The van der Waals surface area contributed by atoms with Gasteiger partial charge in [0.25, 0.3) is 0 Å². The molecule has 10 heteroatoms. The number of carboxylic acid groups (broad SMARTS) is 1. The van der Waals surface area contributed by atoms with Crippen LogP contribution >= 0.6 is 7.82 Å². The topological polar surface area (TPSA) is 149 Å². The van der Waals surface area contributed by atoms with E-state index in [0.717, 1.165) is 19.3 Å². The smallest absolute Gasteiger partial charge is 0.470 e. The van der Waals surface area contributed by atoms with Gasteiger partial charge in [-0.25, -0.2) is 4.57 Å². The van der Waals surface area contributed by atoms with Gasteiger partial charge in [0.2, 0.25) is 0 Å². The number of hydrogen-bond donors (Lipinski definition) is 4. The van der Waals surface area contributed by atoms with E-state index in [-0.39, 0.29) is 42.8 Å². The van der Waals surface area contributed by atoms with Crippen LogP contribution in [0.1, 0.15) is 48.9 Å². The van der Waals surface area contributed by atoms with Crippen molar-refractivity contribution in [2.75, 3.05) is 13.2 Å². The second-order valence-corrected chi connectivity index (χ2v) is 11.1. The molecular formula is C26H33N2O7P. The van der Waals surface area contributed by atoms with Gasteiger partial charge in [0, 0.05) is 18.5 Å². The van der Waals surface area contributed by atoms with Gasteiger partial charge in [-0.3, -0.25) is 9.32 Å². The molecule has 194 valence electrons. The van der Waals surface area contributed by atoms with Crippen LogP contribution in [0.5, 0.6) is 5.75 Å². The molecule has 0 amide bonds. The maximum atomic E-state index is 11.6. The Bertz CT molecular complexity index is 1130. The van der Waals surface area contributed by atoms with Gasteiger partial charge in [-0.1, -0.05) is 30.3 Å². The first-order valence-corrected chi connectivity index (χ1v) is 13.4. The standard InChI is InChI=1S/C26H33N2O7P/c1-26(2,14-19-11-20-5-3-4-6-21(20)12-19)28-16-23(35-36(31,32)33)17-34-24-13-18(8-10-25(29)30)7-9-22(24)15-27/h3-7,9,13,19,23,28H,8,10-12,14,16-17H2,1-2H3,(H,29,30)(H2,31,32,33)/t23-/m1/s1. The summed E-state index contributed by atoms with van der Waals surface area (Å²) in [6, 6.07) is 15.2. The molecule has 0 saturated heterocycles. The third kappa shape index (κ3) is 8.74. The molecule has 0 saturated carbocycles. The van der Waals surface area contributed by atoms with Crippen LogP contribution < -0.4 is 10.1 Å². The Kier molecular flexibility index (Phi) is 9.29. The van der Waals surface area contributed by atoms with E-state index in [4.69, 9.17) is 14.4 Å². The van der Waals surface area contributed by atoms with Crippen LogP contribution in [0.2, 0.25) is 0 Å². The lowest BCUT2D eigenvalue weighted by Crippen LogP contribution is -2.46. The second-order valence-electron chi connectivity index (χ2n) is 9.88. The highest BCUT2D eigenvalue weighted by molar-refractivity contribution is 7.46. The molecule has 9 nitrogen and oxygen atoms in total. The summed E-state index contributed by atoms with van der Waals surface area (Å²) in [4.78, 5) is 29.7. The molecule has 0 aliphatic heterocycles. The summed E-state index contributed by atoms with van der Waals surface area (Å²) in [5.41, 5.74) is 3.33. The lowest BCUT2D eigenvalue weighted by Gasteiger charge is -2.31. The summed E-state index contributed by atoms with van der Waals surface area (Å²) in [6.45, 7) is 4.01. The van der Waals surface area contributed by atoms with Crippen LogP contribution in [-0.2, 0) is 33.1 Å². The van der Waals surface area contributed by atoms with Crippen LogP contribution in [0.25, 0.3) is 0 Å². The number of phosphoric ester groups is 1. The Hall–Kier alpha value is -2.73. The highest BCUT2D eigenvalue weighted by Gasteiger charge is 2.30. The van der Waals surface area contributed by atoms with Crippen molar-refractivity contribution in [3.63, 3.8) is 0 Å². The van der Waals surface area contributed by atoms with Gasteiger partial charge in [0.15, 0.2) is 0 Å². The molecule has 0 aromatic heterocycles. The summed E-state index contributed by atoms with van der Waals surface area (Å²) in [5, 5.41) is 21.7. The molecule has 2 aromatic carbocycles. The molecular weight excluding hydrogens is 483 g/mol. The molecule has 3 rings (SSSR count). The number of nitriles is 1. The summed E-state index contributed by atoms with van der Waals surface area (Å²) < 4.78 is 22.3. The second kappa shape index (κ2) is 12.0. The number of phosphoric acid groups is 1. The molecule has 0 radical (unpaired) electrons. The Balaban J connectivity index is 1.62. The molecule has 0 bridgehead atoms. The van der Waals surface area contributed by atoms with E-state index in [2.05, 4.69) is 17.4 Å². The third-order valence-corrected chi connectivity index (χ3v) is 6.82. The highest BCUT2D eigenvalue weighted by atomic mass is 31.2. The van der Waals surface area contributed by atoms with Gasteiger partial charge in [0.1, 0.15) is 24.5 Å². The van der Waals surface area contributed by atoms with Crippen LogP contribution in [0.4, 0.5) is 0 Å².